The van der Waals surface area contributed by atoms with Gasteiger partial charge >= 0.3 is 5.69 Å². The number of nitrogens with two attached hydrogens (primary N) is 1. The van der Waals surface area contributed by atoms with E-state index in [2.05, 4.69) is 0 Å². The third-order valence-corrected chi connectivity index (χ3v) is 7.55. The summed E-state index contributed by atoms with van der Waals surface area (Å²) in [5, 5.41) is 55.7. The zero-order chi connectivity index (χ0) is 26.4. The van der Waals surface area contributed by atoms with Crippen LogP contribution in [0.25, 0.3) is 5.76 Å². The van der Waals surface area contributed by atoms with Crippen LogP contribution in [0.5, 0.6) is 5.75 Å². The number of carbonyl (C=O) groups is 3. The summed E-state index contributed by atoms with van der Waals surface area (Å²) in [7, 11) is 3.25. The lowest BCUT2D eigenvalue weighted by atomic mass is 9.53. The fourth-order valence-electron chi connectivity index (χ4n) is 5.81. The van der Waals surface area contributed by atoms with E-state index in [1.165, 1.54) is 6.07 Å². The number of nitro groups is 1. The van der Waals surface area contributed by atoms with Gasteiger partial charge in [-0.1, -0.05) is 13.8 Å². The molecule has 0 aromatic heterocycles. The highest BCUT2D eigenvalue weighted by molar-refractivity contribution is 6.22. The van der Waals surface area contributed by atoms with Crippen LogP contribution in [0.15, 0.2) is 23.0 Å². The lowest BCUT2D eigenvalue weighted by Crippen LogP contribution is -2.60. The average molecular weight is 487 g/mol. The predicted octanol–water partition coefficient (Wildman–Crippen LogP) is 1.13. The number of ketones is 2. The van der Waals surface area contributed by atoms with Crippen molar-refractivity contribution in [3.05, 3.63) is 44.2 Å². The number of anilines is 1. The van der Waals surface area contributed by atoms with Crippen LogP contribution in [0.1, 0.15) is 37.8 Å². The molecule has 0 spiro atoms. The van der Waals surface area contributed by atoms with Crippen molar-refractivity contribution in [2.24, 2.45) is 17.6 Å². The minimum atomic E-state index is -2.72. The molecule has 1 amide bonds. The maximum Gasteiger partial charge on any atom is 0.313 e. The standard InChI is InChI=1S/C23H25N3O9/c1-22(2)9-5-8-6-12(27)14(21(24)32)20(31)23(8,33)19(30)13(9)18(29)15-16(22)10(25(3)4)7-11(17(15)28)26(34)35/h7-9,28-29,31,33H,5-6H2,1-4H3,(H2,24,32). The van der Waals surface area contributed by atoms with E-state index >= 15 is 0 Å². The van der Waals surface area contributed by atoms with E-state index in [0.717, 1.165) is 0 Å². The Labute approximate surface area is 199 Å². The molecule has 0 heterocycles. The summed E-state index contributed by atoms with van der Waals surface area (Å²) in [4.78, 5) is 50.3. The van der Waals surface area contributed by atoms with Crippen LogP contribution in [0, 0.1) is 22.0 Å². The maximum absolute atomic E-state index is 13.7. The van der Waals surface area contributed by atoms with Gasteiger partial charge in [0.25, 0.3) is 5.91 Å². The minimum Gasteiger partial charge on any atom is -0.508 e. The summed E-state index contributed by atoms with van der Waals surface area (Å²) < 4.78 is 0. The third kappa shape index (κ3) is 2.92. The second-order valence-corrected chi connectivity index (χ2v) is 9.94. The highest BCUT2D eigenvalue weighted by Crippen LogP contribution is 2.60. The molecule has 3 atom stereocenters. The van der Waals surface area contributed by atoms with E-state index in [-0.39, 0.29) is 17.6 Å². The maximum atomic E-state index is 13.7. The number of rotatable bonds is 3. The molecule has 1 saturated carbocycles. The Morgan fingerprint density at radius 2 is 1.83 bits per heavy atom. The molecule has 0 bridgehead atoms. The molecule has 1 fully saturated rings. The van der Waals surface area contributed by atoms with Crippen LogP contribution in [0.2, 0.25) is 0 Å². The molecule has 3 aliphatic carbocycles. The summed E-state index contributed by atoms with van der Waals surface area (Å²) >= 11 is 0. The van der Waals surface area contributed by atoms with Gasteiger partial charge in [-0.25, -0.2) is 0 Å². The van der Waals surface area contributed by atoms with E-state index in [9.17, 15) is 44.9 Å². The van der Waals surface area contributed by atoms with Crippen LogP contribution in [0.4, 0.5) is 11.4 Å². The first-order valence-electron chi connectivity index (χ1n) is 10.8. The number of hydrogen-bond donors (Lipinski definition) is 5. The summed E-state index contributed by atoms with van der Waals surface area (Å²) in [5.41, 5.74) is -0.187. The number of phenols is 1. The van der Waals surface area contributed by atoms with Crippen molar-refractivity contribution in [3.63, 3.8) is 0 Å². The molecular formula is C23H25N3O9. The summed E-state index contributed by atoms with van der Waals surface area (Å²) in [5.74, 6) is -8.05. The lowest BCUT2D eigenvalue weighted by molar-refractivity contribution is -0.385. The van der Waals surface area contributed by atoms with Gasteiger partial charge in [-0.05, 0) is 17.4 Å². The average Bonchev–Trinajstić information content (AvgIpc) is 2.73. The molecular weight excluding hydrogens is 462 g/mol. The van der Waals surface area contributed by atoms with Crippen LogP contribution in [-0.4, -0.2) is 62.5 Å². The Bertz CT molecular complexity index is 1310. The fourth-order valence-corrected chi connectivity index (χ4v) is 5.81. The smallest absolute Gasteiger partial charge is 0.313 e. The molecule has 186 valence electrons. The number of aromatic hydroxyl groups is 1. The monoisotopic (exact) mass is 487 g/mol. The van der Waals surface area contributed by atoms with E-state index < -0.39 is 80.2 Å². The molecule has 1 aromatic carbocycles. The Balaban J connectivity index is 2.09. The molecule has 1 aromatic rings. The predicted molar refractivity (Wildman–Crippen MR) is 122 cm³/mol. The van der Waals surface area contributed by atoms with Crippen LogP contribution in [0.3, 0.4) is 0 Å². The van der Waals surface area contributed by atoms with Gasteiger partial charge in [0, 0.05) is 49.7 Å². The van der Waals surface area contributed by atoms with Crippen LogP contribution < -0.4 is 10.6 Å². The zero-order valence-electron chi connectivity index (χ0n) is 19.4. The highest BCUT2D eigenvalue weighted by atomic mass is 16.6. The molecule has 0 aliphatic heterocycles. The Morgan fingerprint density at radius 1 is 1.23 bits per heavy atom. The number of amides is 1. The number of phenolic OH excluding ortho intramolecular Hbond substituents is 1. The van der Waals surface area contributed by atoms with Crippen LogP contribution >= 0.6 is 0 Å². The van der Waals surface area contributed by atoms with Crippen molar-refractivity contribution in [2.45, 2.75) is 37.7 Å². The lowest BCUT2D eigenvalue weighted by Gasteiger charge is -2.51. The highest BCUT2D eigenvalue weighted by Gasteiger charge is 2.63. The number of fused-ring (bicyclic) bond motifs is 3. The zero-order valence-corrected chi connectivity index (χ0v) is 19.4. The summed E-state index contributed by atoms with van der Waals surface area (Å²) in [6, 6.07) is 1.17. The molecule has 0 saturated heterocycles. The van der Waals surface area contributed by atoms with Crippen molar-refractivity contribution >= 4 is 34.6 Å². The SMILES string of the molecule is CN(C)c1cc([N+](=O)[O-])c(O)c2c1C(C)(C)C1CC3CC(=O)C(C(N)=O)=C(O)C3(O)C(=O)C1=C2O. The largest absolute Gasteiger partial charge is 0.508 e. The summed E-state index contributed by atoms with van der Waals surface area (Å²) in [6.07, 6.45) is -0.495. The number of Topliss-reactive ketones (excluding diaryl/α,β-unsaturated/α-hetero) is 2. The number of hydrogen-bond acceptors (Lipinski definition) is 10. The first kappa shape index (κ1) is 24.2. The number of nitrogens with zero attached hydrogens (tertiary/aromatic N) is 2. The normalized spacial score (nSPS) is 27.2. The number of carbonyl (C=O) groups excluding carboxylic acids is 3. The quantitative estimate of drug-likeness (QED) is 0.233. The van der Waals surface area contributed by atoms with Crippen molar-refractivity contribution in [3.8, 4) is 5.75 Å². The van der Waals surface area contributed by atoms with Gasteiger partial charge in [-0.2, -0.15) is 0 Å². The molecule has 12 heteroatoms. The first-order valence-corrected chi connectivity index (χ1v) is 10.8. The third-order valence-electron chi connectivity index (χ3n) is 7.55. The number of nitro benzene ring substituents is 1. The van der Waals surface area contributed by atoms with Crippen molar-refractivity contribution < 1.29 is 39.7 Å². The molecule has 3 aliphatic rings. The van der Waals surface area contributed by atoms with Gasteiger partial charge in [-0.3, -0.25) is 24.5 Å². The van der Waals surface area contributed by atoms with E-state index in [1.807, 2.05) is 0 Å². The molecule has 3 unspecified atom stereocenters. The van der Waals surface area contributed by atoms with E-state index in [0.29, 0.717) is 11.3 Å². The first-order chi connectivity index (χ1) is 16.1. The minimum absolute atomic E-state index is 0.0550. The van der Waals surface area contributed by atoms with Crippen molar-refractivity contribution in [2.75, 3.05) is 19.0 Å². The number of aliphatic hydroxyl groups excluding tert-OH is 2. The van der Waals surface area contributed by atoms with Gasteiger partial charge in [-0.15, -0.1) is 0 Å². The Morgan fingerprint density at radius 3 is 2.34 bits per heavy atom. The van der Waals surface area contributed by atoms with E-state index in [4.69, 9.17) is 5.73 Å². The van der Waals surface area contributed by atoms with Crippen molar-refractivity contribution in [1.82, 2.24) is 0 Å². The molecule has 12 nitrogen and oxygen atoms in total. The second-order valence-electron chi connectivity index (χ2n) is 9.94. The molecule has 6 N–H and O–H groups in total. The van der Waals surface area contributed by atoms with Crippen LogP contribution in [-0.2, 0) is 19.8 Å². The van der Waals surface area contributed by atoms with Gasteiger partial charge < -0.3 is 31.1 Å². The Kier molecular flexibility index (Phi) is 5.04. The number of aliphatic hydroxyl groups is 3. The number of primary amides is 1. The van der Waals surface area contributed by atoms with E-state index in [1.54, 1.807) is 32.8 Å². The van der Waals surface area contributed by atoms with Gasteiger partial charge in [0.2, 0.25) is 11.5 Å². The topological polar surface area (TPSA) is 205 Å². The summed E-state index contributed by atoms with van der Waals surface area (Å²) in [6.45, 7) is 3.43. The second kappa shape index (κ2) is 7.28. The molecule has 35 heavy (non-hydrogen) atoms. The van der Waals surface area contributed by atoms with Gasteiger partial charge in [0.05, 0.1) is 10.5 Å². The van der Waals surface area contributed by atoms with Gasteiger partial charge in [0.15, 0.2) is 11.4 Å². The van der Waals surface area contributed by atoms with Gasteiger partial charge in [0.1, 0.15) is 17.1 Å². The number of benzene rings is 1. The fraction of sp³-hybridized carbons (Fsp3) is 0.435. The Hall–Kier alpha value is -3.93. The molecule has 0 radical (unpaired) electrons. The molecule has 4 rings (SSSR count). The van der Waals surface area contributed by atoms with Crippen molar-refractivity contribution in [1.29, 1.82) is 0 Å².